The van der Waals surface area contributed by atoms with Gasteiger partial charge in [-0.15, -0.1) is 0 Å². The minimum absolute atomic E-state index is 0.224. The maximum absolute atomic E-state index is 9.02. The Hall–Kier alpha value is -3.61. The smallest absolute Gasteiger partial charge is 0.239 e. The van der Waals surface area contributed by atoms with Gasteiger partial charge >= 0.3 is 0 Å². The highest BCUT2D eigenvalue weighted by Crippen LogP contribution is 2.28. The number of ether oxygens (including phenoxy) is 2. The molecule has 0 unspecified atom stereocenters. The Balaban J connectivity index is 1.83. The molecule has 0 aliphatic rings. The largest absolute Gasteiger partial charge is 0.457 e. The maximum Gasteiger partial charge on any atom is 0.239 e. The van der Waals surface area contributed by atoms with Crippen molar-refractivity contribution in [3.8, 4) is 35.3 Å². The van der Waals surface area contributed by atoms with E-state index in [1.54, 1.807) is 36.4 Å². The average Bonchev–Trinajstić information content (AvgIpc) is 2.61. The van der Waals surface area contributed by atoms with E-state index in [9.17, 15) is 0 Å². The van der Waals surface area contributed by atoms with Crippen LogP contribution in [-0.4, -0.2) is 9.97 Å². The number of hydrogen-bond donors (Lipinski definition) is 0. The molecule has 3 aromatic rings. The summed E-state index contributed by atoms with van der Waals surface area (Å²) in [6.45, 7) is 0. The summed E-state index contributed by atoms with van der Waals surface area (Å²) in [6.07, 6.45) is 2.85. The highest BCUT2D eigenvalue weighted by Gasteiger charge is 2.06. The second-order valence-electron chi connectivity index (χ2n) is 4.83. The molecule has 0 fully saturated rings. The Morgan fingerprint density at radius 2 is 1.52 bits per heavy atom. The third-order valence-corrected chi connectivity index (χ3v) is 3.19. The van der Waals surface area contributed by atoms with E-state index < -0.39 is 0 Å². The van der Waals surface area contributed by atoms with Gasteiger partial charge in [0.05, 0.1) is 35.7 Å². The molecule has 0 saturated heterocycles. The first-order chi connectivity index (χ1) is 12.2. The molecule has 1 aromatic heterocycles. The van der Waals surface area contributed by atoms with Gasteiger partial charge in [0.1, 0.15) is 17.2 Å². The van der Waals surface area contributed by atoms with Crippen molar-refractivity contribution >= 4 is 11.6 Å². The molecule has 7 heteroatoms. The van der Waals surface area contributed by atoms with Crippen molar-refractivity contribution in [1.82, 2.24) is 9.97 Å². The van der Waals surface area contributed by atoms with Crippen LogP contribution in [-0.2, 0) is 0 Å². The Morgan fingerprint density at radius 1 is 0.840 bits per heavy atom. The summed E-state index contributed by atoms with van der Waals surface area (Å²) >= 11 is 5.78. The fraction of sp³-hybridized carbons (Fsp3) is 0. The van der Waals surface area contributed by atoms with Crippen LogP contribution in [0.25, 0.3) is 0 Å². The molecule has 0 atom stereocenters. The summed E-state index contributed by atoms with van der Waals surface area (Å²) in [5.74, 6) is 1.59. The van der Waals surface area contributed by atoms with Crippen LogP contribution in [0, 0.1) is 22.7 Å². The van der Waals surface area contributed by atoms with E-state index >= 15 is 0 Å². The number of aromatic nitrogens is 2. The van der Waals surface area contributed by atoms with Crippen molar-refractivity contribution in [3.63, 3.8) is 0 Å². The lowest BCUT2D eigenvalue weighted by Gasteiger charge is -2.09. The average molecular weight is 349 g/mol. The Morgan fingerprint density at radius 3 is 2.16 bits per heavy atom. The minimum Gasteiger partial charge on any atom is -0.457 e. The van der Waals surface area contributed by atoms with Crippen molar-refractivity contribution in [1.29, 1.82) is 10.5 Å². The molecule has 3 rings (SSSR count). The lowest BCUT2D eigenvalue weighted by Crippen LogP contribution is -1.91. The maximum atomic E-state index is 9.02. The van der Waals surface area contributed by atoms with Crippen LogP contribution in [0.3, 0.4) is 0 Å². The van der Waals surface area contributed by atoms with Gasteiger partial charge in [-0.2, -0.15) is 15.5 Å². The van der Waals surface area contributed by atoms with E-state index in [2.05, 4.69) is 9.97 Å². The standard InChI is InChI=1S/C18H9ClN4O2/c19-17-10-22-11-18(23-17)25-15-3-1-2-14(7-15)24-16-5-12(8-20)4-13(6-16)9-21/h1-7,10-11H. The Bertz CT molecular complexity index is 976. The number of rotatable bonds is 4. The molecule has 120 valence electrons. The SMILES string of the molecule is N#Cc1cc(C#N)cc(Oc2cccc(Oc3cncc(Cl)n3)c2)c1. The number of benzene rings is 2. The first-order valence-electron chi connectivity index (χ1n) is 7.05. The summed E-state index contributed by atoms with van der Waals surface area (Å²) in [5.41, 5.74) is 0.686. The van der Waals surface area contributed by atoms with Gasteiger partial charge < -0.3 is 9.47 Å². The lowest BCUT2D eigenvalue weighted by atomic mass is 10.1. The first-order valence-corrected chi connectivity index (χ1v) is 7.43. The summed E-state index contributed by atoms with van der Waals surface area (Å²) in [7, 11) is 0. The quantitative estimate of drug-likeness (QED) is 0.691. The predicted molar refractivity (Wildman–Crippen MR) is 89.5 cm³/mol. The van der Waals surface area contributed by atoms with Crippen molar-refractivity contribution in [2.45, 2.75) is 0 Å². The number of nitriles is 2. The monoisotopic (exact) mass is 348 g/mol. The number of hydrogen-bond acceptors (Lipinski definition) is 6. The van der Waals surface area contributed by atoms with Crippen molar-refractivity contribution < 1.29 is 9.47 Å². The van der Waals surface area contributed by atoms with Crippen LogP contribution in [0.5, 0.6) is 23.1 Å². The van der Waals surface area contributed by atoms with Crippen LogP contribution in [0.2, 0.25) is 5.15 Å². The molecule has 2 aromatic carbocycles. The van der Waals surface area contributed by atoms with Crippen molar-refractivity contribution in [2.24, 2.45) is 0 Å². The second kappa shape index (κ2) is 7.31. The Kier molecular flexibility index (Phi) is 4.75. The zero-order valence-electron chi connectivity index (χ0n) is 12.7. The zero-order chi connectivity index (χ0) is 17.6. The normalized spacial score (nSPS) is 9.72. The van der Waals surface area contributed by atoms with Gasteiger partial charge in [-0.25, -0.2) is 0 Å². The topological polar surface area (TPSA) is 91.8 Å². The molecule has 0 aliphatic heterocycles. The predicted octanol–water partition coefficient (Wildman–Crippen LogP) is 4.46. The molecule has 25 heavy (non-hydrogen) atoms. The summed E-state index contributed by atoms with van der Waals surface area (Å²) in [4.78, 5) is 7.89. The van der Waals surface area contributed by atoms with Crippen molar-refractivity contribution in [2.75, 3.05) is 0 Å². The summed E-state index contributed by atoms with van der Waals surface area (Å²) in [5, 5.41) is 18.3. The van der Waals surface area contributed by atoms with Gasteiger partial charge in [0.2, 0.25) is 5.88 Å². The van der Waals surface area contributed by atoms with Crippen LogP contribution < -0.4 is 9.47 Å². The van der Waals surface area contributed by atoms with E-state index in [1.165, 1.54) is 18.5 Å². The van der Waals surface area contributed by atoms with Crippen LogP contribution in [0.1, 0.15) is 11.1 Å². The lowest BCUT2D eigenvalue weighted by molar-refractivity contribution is 0.447. The van der Waals surface area contributed by atoms with Gasteiger partial charge in [0, 0.05) is 6.07 Å². The van der Waals surface area contributed by atoms with Gasteiger partial charge in [0.15, 0.2) is 5.15 Å². The second-order valence-corrected chi connectivity index (χ2v) is 5.22. The van der Waals surface area contributed by atoms with Crippen molar-refractivity contribution in [3.05, 3.63) is 71.1 Å². The van der Waals surface area contributed by atoms with Gasteiger partial charge in [0.25, 0.3) is 0 Å². The molecule has 1 heterocycles. The van der Waals surface area contributed by atoms with E-state index in [1.807, 2.05) is 12.1 Å². The third-order valence-electron chi connectivity index (χ3n) is 3.01. The molecule has 0 saturated carbocycles. The first kappa shape index (κ1) is 16.3. The molecular weight excluding hydrogens is 340 g/mol. The minimum atomic E-state index is 0.224. The molecule has 6 nitrogen and oxygen atoms in total. The molecule has 0 radical (unpaired) electrons. The third kappa shape index (κ3) is 4.23. The molecular formula is C18H9ClN4O2. The van der Waals surface area contributed by atoms with Crippen LogP contribution in [0.4, 0.5) is 0 Å². The molecule has 0 amide bonds. The van der Waals surface area contributed by atoms with Crippen LogP contribution >= 0.6 is 11.6 Å². The highest BCUT2D eigenvalue weighted by molar-refractivity contribution is 6.29. The molecule has 0 bridgehead atoms. The summed E-state index contributed by atoms with van der Waals surface area (Å²) in [6, 6.07) is 15.4. The zero-order valence-corrected chi connectivity index (χ0v) is 13.4. The van der Waals surface area contributed by atoms with Crippen LogP contribution in [0.15, 0.2) is 54.9 Å². The van der Waals surface area contributed by atoms with Gasteiger partial charge in [-0.1, -0.05) is 17.7 Å². The molecule has 0 aliphatic carbocycles. The highest BCUT2D eigenvalue weighted by atomic mass is 35.5. The van der Waals surface area contributed by atoms with E-state index in [4.69, 9.17) is 31.6 Å². The number of halogens is 1. The van der Waals surface area contributed by atoms with Gasteiger partial charge in [-0.3, -0.25) is 4.98 Å². The number of nitrogens with zero attached hydrogens (tertiary/aromatic N) is 4. The fourth-order valence-corrected chi connectivity index (χ4v) is 2.16. The van der Waals surface area contributed by atoms with E-state index in [-0.39, 0.29) is 11.0 Å². The fourth-order valence-electron chi connectivity index (χ4n) is 2.02. The Labute approximate surface area is 148 Å². The molecule has 0 spiro atoms. The van der Waals surface area contributed by atoms with E-state index in [0.29, 0.717) is 28.4 Å². The summed E-state index contributed by atoms with van der Waals surface area (Å²) < 4.78 is 11.3. The molecule has 0 N–H and O–H groups in total. The van der Waals surface area contributed by atoms with E-state index in [0.717, 1.165) is 0 Å². The van der Waals surface area contributed by atoms with Gasteiger partial charge in [-0.05, 0) is 30.3 Å².